The van der Waals surface area contributed by atoms with Gasteiger partial charge in [0.15, 0.2) is 0 Å². The number of rotatable bonds is 13. The molecule has 0 saturated carbocycles. The zero-order valence-electron chi connectivity index (χ0n) is 25.7. The third-order valence-electron chi connectivity index (χ3n) is 7.97. The van der Waals surface area contributed by atoms with Gasteiger partial charge in [-0.1, -0.05) is 97.1 Å². The van der Waals surface area contributed by atoms with Gasteiger partial charge < -0.3 is 28.4 Å². The highest BCUT2D eigenvalue weighted by Gasteiger charge is 2.58. The molecule has 0 amide bonds. The molecule has 9 heteroatoms. The topological polar surface area (TPSA) is 105 Å². The van der Waals surface area contributed by atoms with Crippen LogP contribution in [-0.2, 0) is 44.4 Å². The third kappa shape index (κ3) is 6.71. The number of methoxy groups -OCH3 is 2. The summed E-state index contributed by atoms with van der Waals surface area (Å²) in [5, 5.41) is 11.7. The molecule has 1 saturated heterocycles. The Kier molecular flexibility index (Phi) is 9.82. The molecule has 1 aromatic heterocycles. The molecular formula is C37H35N3O6. The van der Waals surface area contributed by atoms with Gasteiger partial charge in [0.25, 0.3) is 0 Å². The van der Waals surface area contributed by atoms with E-state index < -0.39 is 23.9 Å². The van der Waals surface area contributed by atoms with Crippen molar-refractivity contribution in [2.24, 2.45) is 0 Å². The highest BCUT2D eigenvalue weighted by molar-refractivity contribution is 5.84. The minimum absolute atomic E-state index is 0.146. The fourth-order valence-electron chi connectivity index (χ4n) is 5.67. The van der Waals surface area contributed by atoms with E-state index in [1.165, 1.54) is 14.2 Å². The number of nitriles is 1. The lowest BCUT2D eigenvalue weighted by atomic mass is 9.87. The predicted octanol–water partition coefficient (Wildman–Crippen LogP) is 6.15. The molecule has 4 atom stereocenters. The molecule has 0 bridgehead atoms. The SMILES string of the molecule is COc1nc(OC)c2ccc([C@]3(C#N)O[C@H](COCc4ccccc4)[C@@H](OCc4ccccc4)[C@H]3OCc3ccccc3)cc2n1. The van der Waals surface area contributed by atoms with Crippen molar-refractivity contribution >= 4 is 10.9 Å². The van der Waals surface area contributed by atoms with E-state index in [-0.39, 0.29) is 19.2 Å². The van der Waals surface area contributed by atoms with Crippen LogP contribution in [0, 0.1) is 11.3 Å². The summed E-state index contributed by atoms with van der Waals surface area (Å²) < 4.78 is 37.0. The summed E-state index contributed by atoms with van der Waals surface area (Å²) in [7, 11) is 3.03. The second-order valence-electron chi connectivity index (χ2n) is 10.9. The van der Waals surface area contributed by atoms with Gasteiger partial charge in [0.1, 0.15) is 24.4 Å². The summed E-state index contributed by atoms with van der Waals surface area (Å²) in [4.78, 5) is 8.84. The van der Waals surface area contributed by atoms with E-state index in [2.05, 4.69) is 16.0 Å². The first-order valence-electron chi connectivity index (χ1n) is 15.1. The quantitative estimate of drug-likeness (QED) is 0.154. The van der Waals surface area contributed by atoms with Crippen LogP contribution in [0.1, 0.15) is 22.3 Å². The first-order chi connectivity index (χ1) is 22.6. The van der Waals surface area contributed by atoms with E-state index in [1.807, 2.05) is 103 Å². The number of hydrogen-bond acceptors (Lipinski definition) is 9. The highest BCUT2D eigenvalue weighted by Crippen LogP contribution is 2.44. The van der Waals surface area contributed by atoms with Gasteiger partial charge >= 0.3 is 6.01 Å². The summed E-state index contributed by atoms with van der Waals surface area (Å²) in [6.45, 7) is 1.11. The van der Waals surface area contributed by atoms with E-state index in [9.17, 15) is 5.26 Å². The van der Waals surface area contributed by atoms with Gasteiger partial charge in [-0.3, -0.25) is 0 Å². The molecule has 6 rings (SSSR count). The zero-order valence-corrected chi connectivity index (χ0v) is 25.7. The van der Waals surface area contributed by atoms with Gasteiger partial charge in [-0.05, 0) is 28.8 Å². The van der Waals surface area contributed by atoms with Crippen LogP contribution in [0.2, 0.25) is 0 Å². The van der Waals surface area contributed by atoms with Crippen LogP contribution in [-0.4, -0.2) is 49.1 Å². The molecule has 0 aliphatic carbocycles. The Morgan fingerprint density at radius 1 is 0.739 bits per heavy atom. The van der Waals surface area contributed by atoms with Crippen molar-refractivity contribution in [2.75, 3.05) is 20.8 Å². The van der Waals surface area contributed by atoms with E-state index in [0.717, 1.165) is 16.7 Å². The van der Waals surface area contributed by atoms with Gasteiger partial charge in [0.05, 0.1) is 51.6 Å². The zero-order chi connectivity index (χ0) is 31.8. The van der Waals surface area contributed by atoms with E-state index in [0.29, 0.717) is 35.6 Å². The second kappa shape index (κ2) is 14.5. The maximum absolute atomic E-state index is 11.0. The van der Waals surface area contributed by atoms with Crippen molar-refractivity contribution in [1.82, 2.24) is 9.97 Å². The number of hydrogen-bond donors (Lipinski definition) is 0. The number of fused-ring (bicyclic) bond motifs is 1. The van der Waals surface area contributed by atoms with Crippen molar-refractivity contribution < 1.29 is 28.4 Å². The van der Waals surface area contributed by atoms with Crippen LogP contribution < -0.4 is 9.47 Å². The Labute approximate surface area is 268 Å². The summed E-state index contributed by atoms with van der Waals surface area (Å²) >= 11 is 0. The molecule has 234 valence electrons. The number of benzene rings is 4. The fraction of sp³-hybridized carbons (Fsp3) is 0.270. The molecule has 0 radical (unpaired) electrons. The average molecular weight is 618 g/mol. The van der Waals surface area contributed by atoms with Gasteiger partial charge in [-0.15, -0.1) is 0 Å². The van der Waals surface area contributed by atoms with Crippen molar-refractivity contribution in [3.05, 3.63) is 131 Å². The van der Waals surface area contributed by atoms with Crippen molar-refractivity contribution in [3.8, 4) is 18.0 Å². The van der Waals surface area contributed by atoms with Crippen molar-refractivity contribution in [1.29, 1.82) is 5.26 Å². The minimum atomic E-state index is -1.56. The predicted molar refractivity (Wildman–Crippen MR) is 171 cm³/mol. The molecule has 1 aliphatic rings. The third-order valence-corrected chi connectivity index (χ3v) is 7.97. The lowest BCUT2D eigenvalue weighted by Gasteiger charge is -2.30. The fourth-order valence-corrected chi connectivity index (χ4v) is 5.67. The molecular weight excluding hydrogens is 582 g/mol. The van der Waals surface area contributed by atoms with Gasteiger partial charge in [-0.25, -0.2) is 0 Å². The molecule has 5 aromatic rings. The largest absolute Gasteiger partial charge is 0.480 e. The van der Waals surface area contributed by atoms with Crippen LogP contribution in [0.25, 0.3) is 10.9 Å². The Morgan fingerprint density at radius 3 is 1.93 bits per heavy atom. The molecule has 46 heavy (non-hydrogen) atoms. The number of nitrogens with zero attached hydrogens (tertiary/aromatic N) is 3. The van der Waals surface area contributed by atoms with Crippen molar-refractivity contribution in [3.63, 3.8) is 0 Å². The van der Waals surface area contributed by atoms with E-state index in [4.69, 9.17) is 28.4 Å². The van der Waals surface area contributed by atoms with Crippen LogP contribution in [0.4, 0.5) is 0 Å². The molecule has 0 N–H and O–H groups in total. The lowest BCUT2D eigenvalue weighted by Crippen LogP contribution is -2.43. The Hall–Kier alpha value is -4.85. The molecule has 9 nitrogen and oxygen atoms in total. The van der Waals surface area contributed by atoms with E-state index >= 15 is 0 Å². The standard InChI is InChI=1S/C37H35N3O6/c1-41-35-30-19-18-29(20-31(30)39-36(40-35)42-2)37(25-38)34(45-23-28-16-10-5-11-17-28)33(44-22-27-14-8-4-9-15-27)32(46-37)24-43-21-26-12-6-3-7-13-26/h3-20,32-34H,21-24H2,1-2H3/t32-,33-,34-,37+/m1/s1. The number of ether oxygens (including phenoxy) is 6. The molecule has 0 unspecified atom stereocenters. The molecule has 4 aromatic carbocycles. The summed E-state index contributed by atoms with van der Waals surface area (Å²) in [6, 6.07) is 37.7. The van der Waals surface area contributed by atoms with Crippen LogP contribution in [0.5, 0.6) is 11.9 Å². The van der Waals surface area contributed by atoms with Gasteiger partial charge in [0.2, 0.25) is 11.5 Å². The number of aromatic nitrogens is 2. The molecule has 0 spiro atoms. The maximum atomic E-state index is 11.0. The normalized spacial score (nSPS) is 20.8. The van der Waals surface area contributed by atoms with Crippen LogP contribution in [0.3, 0.4) is 0 Å². The molecule has 1 aliphatic heterocycles. The lowest BCUT2D eigenvalue weighted by molar-refractivity contribution is -0.0952. The molecule has 1 fully saturated rings. The van der Waals surface area contributed by atoms with E-state index in [1.54, 1.807) is 6.07 Å². The summed E-state index contributed by atoms with van der Waals surface area (Å²) in [6.07, 6.45) is -2.10. The molecule has 2 heterocycles. The summed E-state index contributed by atoms with van der Waals surface area (Å²) in [5.41, 5.74) is 2.51. The van der Waals surface area contributed by atoms with Crippen LogP contribution >= 0.6 is 0 Å². The van der Waals surface area contributed by atoms with Gasteiger partial charge in [0, 0.05) is 5.56 Å². The Balaban J connectivity index is 1.39. The first-order valence-corrected chi connectivity index (χ1v) is 15.1. The monoisotopic (exact) mass is 617 g/mol. The van der Waals surface area contributed by atoms with Crippen LogP contribution in [0.15, 0.2) is 109 Å². The van der Waals surface area contributed by atoms with Crippen molar-refractivity contribution in [2.45, 2.75) is 43.7 Å². The average Bonchev–Trinajstić information content (AvgIpc) is 3.43. The second-order valence-corrected chi connectivity index (χ2v) is 10.9. The minimum Gasteiger partial charge on any atom is -0.480 e. The smallest absolute Gasteiger partial charge is 0.320 e. The van der Waals surface area contributed by atoms with Gasteiger partial charge in [-0.2, -0.15) is 15.2 Å². The maximum Gasteiger partial charge on any atom is 0.320 e. The Bertz CT molecular complexity index is 1770. The highest BCUT2D eigenvalue weighted by atomic mass is 16.6. The first kappa shape index (κ1) is 31.1. The Morgan fingerprint density at radius 2 is 1.35 bits per heavy atom. The summed E-state index contributed by atoms with van der Waals surface area (Å²) in [5.74, 6) is 0.361.